The van der Waals surface area contributed by atoms with Gasteiger partial charge in [-0.2, -0.15) is 5.10 Å². The van der Waals surface area contributed by atoms with E-state index < -0.39 is 0 Å². The normalized spacial score (nSPS) is 14.1. The van der Waals surface area contributed by atoms with Crippen LogP contribution in [0.2, 0.25) is 0 Å². The van der Waals surface area contributed by atoms with E-state index in [1.807, 2.05) is 19.1 Å². The molecule has 0 saturated heterocycles. The van der Waals surface area contributed by atoms with Gasteiger partial charge in [0.15, 0.2) is 0 Å². The van der Waals surface area contributed by atoms with Gasteiger partial charge in [0.2, 0.25) is 5.91 Å². The zero-order valence-corrected chi connectivity index (χ0v) is 10.4. The summed E-state index contributed by atoms with van der Waals surface area (Å²) >= 11 is 0. The Labute approximate surface area is 105 Å². The van der Waals surface area contributed by atoms with Crippen molar-refractivity contribution in [3.05, 3.63) is 36.8 Å². The highest BCUT2D eigenvalue weighted by molar-refractivity contribution is 5.79. The molecule has 2 aromatic rings. The molecule has 0 radical (unpaired) electrons. The molecule has 6 nitrogen and oxygen atoms in total. The smallest absolute Gasteiger partial charge is 0.244 e. The van der Waals surface area contributed by atoms with E-state index in [9.17, 15) is 4.79 Å². The van der Waals surface area contributed by atoms with Crippen LogP contribution in [0.3, 0.4) is 0 Å². The Kier molecular flexibility index (Phi) is 3.76. The number of hydrogen-bond acceptors (Lipinski definition) is 4. The molecule has 96 valence electrons. The van der Waals surface area contributed by atoms with Gasteiger partial charge in [-0.3, -0.25) is 4.79 Å². The van der Waals surface area contributed by atoms with Crippen LogP contribution >= 0.6 is 0 Å². The van der Waals surface area contributed by atoms with Crippen LogP contribution in [0.15, 0.2) is 35.5 Å². The van der Waals surface area contributed by atoms with Gasteiger partial charge in [0.25, 0.3) is 0 Å². The number of amides is 1. The van der Waals surface area contributed by atoms with Crippen molar-refractivity contribution in [2.75, 3.05) is 0 Å². The maximum absolute atomic E-state index is 11.9. The van der Waals surface area contributed by atoms with Crippen molar-refractivity contribution in [3.8, 4) is 0 Å². The Bertz CT molecular complexity index is 478. The quantitative estimate of drug-likeness (QED) is 0.862. The molecule has 2 heterocycles. The summed E-state index contributed by atoms with van der Waals surface area (Å²) in [6.45, 7) is 3.72. The van der Waals surface area contributed by atoms with Crippen LogP contribution in [0.4, 0.5) is 0 Å². The maximum atomic E-state index is 11.9. The molecule has 0 aliphatic heterocycles. The van der Waals surface area contributed by atoms with E-state index in [-0.39, 0.29) is 18.0 Å². The van der Waals surface area contributed by atoms with Gasteiger partial charge in [-0.1, -0.05) is 0 Å². The number of nitrogens with zero attached hydrogens (tertiary/aromatic N) is 3. The van der Waals surface area contributed by atoms with Gasteiger partial charge < -0.3 is 9.73 Å². The number of furan rings is 1. The number of nitrogens with one attached hydrogen (secondary N) is 1. The third-order valence-electron chi connectivity index (χ3n) is 2.69. The molecule has 0 bridgehead atoms. The average Bonchev–Trinajstić information content (AvgIpc) is 2.99. The van der Waals surface area contributed by atoms with E-state index in [0.717, 1.165) is 5.76 Å². The first-order chi connectivity index (χ1) is 8.66. The molecule has 2 atom stereocenters. The second kappa shape index (κ2) is 5.48. The van der Waals surface area contributed by atoms with Crippen molar-refractivity contribution in [1.29, 1.82) is 0 Å². The van der Waals surface area contributed by atoms with E-state index in [4.69, 9.17) is 4.42 Å². The zero-order valence-electron chi connectivity index (χ0n) is 10.4. The van der Waals surface area contributed by atoms with Gasteiger partial charge in [-0.25, -0.2) is 9.67 Å². The van der Waals surface area contributed by atoms with Crippen molar-refractivity contribution >= 4 is 5.91 Å². The van der Waals surface area contributed by atoms with Crippen LogP contribution in [0.5, 0.6) is 0 Å². The predicted molar refractivity (Wildman–Crippen MR) is 64.7 cm³/mol. The lowest BCUT2D eigenvalue weighted by molar-refractivity contribution is -0.124. The molecule has 0 saturated carbocycles. The molecule has 18 heavy (non-hydrogen) atoms. The highest BCUT2D eigenvalue weighted by Crippen LogP contribution is 2.06. The fourth-order valence-corrected chi connectivity index (χ4v) is 1.68. The molecule has 0 spiro atoms. The van der Waals surface area contributed by atoms with Crippen LogP contribution in [0, 0.1) is 0 Å². The molecule has 6 heteroatoms. The van der Waals surface area contributed by atoms with Crippen molar-refractivity contribution in [3.63, 3.8) is 0 Å². The van der Waals surface area contributed by atoms with Gasteiger partial charge in [-0.15, -0.1) is 0 Å². The molecule has 0 aromatic carbocycles. The standard InChI is InChI=1S/C12H16N4O2/c1-9(6-11-4-3-5-18-11)15-12(17)10(2)16-8-13-7-14-16/h3-5,7-10H,6H2,1-2H3,(H,15,17)/t9-,10-/m0/s1. The molecule has 1 amide bonds. The van der Waals surface area contributed by atoms with Gasteiger partial charge >= 0.3 is 0 Å². The minimum absolute atomic E-state index is 0.00891. The Morgan fingerprint density at radius 1 is 1.56 bits per heavy atom. The lowest BCUT2D eigenvalue weighted by Gasteiger charge is -2.16. The fraction of sp³-hybridized carbons (Fsp3) is 0.417. The molecule has 0 fully saturated rings. The van der Waals surface area contributed by atoms with Crippen LogP contribution in [-0.2, 0) is 11.2 Å². The third kappa shape index (κ3) is 2.97. The van der Waals surface area contributed by atoms with E-state index in [1.54, 1.807) is 13.2 Å². The highest BCUT2D eigenvalue weighted by Gasteiger charge is 2.17. The number of carbonyl (C=O) groups excluding carboxylic acids is 1. The van der Waals surface area contributed by atoms with E-state index >= 15 is 0 Å². The summed E-state index contributed by atoms with van der Waals surface area (Å²) < 4.78 is 6.76. The third-order valence-corrected chi connectivity index (χ3v) is 2.69. The van der Waals surface area contributed by atoms with Crippen LogP contribution in [0.1, 0.15) is 25.6 Å². The molecular formula is C12H16N4O2. The first-order valence-electron chi connectivity index (χ1n) is 5.83. The summed E-state index contributed by atoms with van der Waals surface area (Å²) in [6.07, 6.45) is 5.24. The fourth-order valence-electron chi connectivity index (χ4n) is 1.68. The van der Waals surface area contributed by atoms with Crippen LogP contribution < -0.4 is 5.32 Å². The Morgan fingerprint density at radius 2 is 2.39 bits per heavy atom. The topological polar surface area (TPSA) is 73.0 Å². The van der Waals surface area contributed by atoms with Crippen molar-refractivity contribution in [1.82, 2.24) is 20.1 Å². The average molecular weight is 248 g/mol. The summed E-state index contributed by atoms with van der Waals surface area (Å²) in [6, 6.07) is 3.37. The van der Waals surface area contributed by atoms with E-state index in [0.29, 0.717) is 6.42 Å². The molecular weight excluding hydrogens is 232 g/mol. The molecule has 0 aliphatic carbocycles. The Hall–Kier alpha value is -2.11. The predicted octanol–water partition coefficient (Wildman–Crippen LogP) is 1.18. The van der Waals surface area contributed by atoms with Crippen molar-refractivity contribution in [2.24, 2.45) is 0 Å². The molecule has 2 aromatic heterocycles. The minimum atomic E-state index is -0.369. The Morgan fingerprint density at radius 3 is 3.00 bits per heavy atom. The lowest BCUT2D eigenvalue weighted by atomic mass is 10.2. The first-order valence-corrected chi connectivity index (χ1v) is 5.83. The second-order valence-electron chi connectivity index (χ2n) is 4.24. The first kappa shape index (κ1) is 12.3. The summed E-state index contributed by atoms with van der Waals surface area (Å²) in [7, 11) is 0. The summed E-state index contributed by atoms with van der Waals surface area (Å²) in [5, 5.41) is 6.87. The van der Waals surface area contributed by atoms with Gasteiger partial charge in [-0.05, 0) is 26.0 Å². The molecule has 1 N–H and O–H groups in total. The Balaban J connectivity index is 1.87. The number of aromatic nitrogens is 3. The monoisotopic (exact) mass is 248 g/mol. The largest absolute Gasteiger partial charge is 0.469 e. The highest BCUT2D eigenvalue weighted by atomic mass is 16.3. The molecule has 2 rings (SSSR count). The molecule has 0 unspecified atom stereocenters. The van der Waals surface area contributed by atoms with Gasteiger partial charge in [0, 0.05) is 12.5 Å². The summed E-state index contributed by atoms with van der Waals surface area (Å²) in [4.78, 5) is 15.8. The van der Waals surface area contributed by atoms with E-state index in [2.05, 4.69) is 15.4 Å². The SMILES string of the molecule is C[C@@H](Cc1ccco1)NC(=O)[C@H](C)n1cncn1. The number of rotatable bonds is 5. The molecule has 0 aliphatic rings. The van der Waals surface area contributed by atoms with E-state index in [1.165, 1.54) is 17.3 Å². The van der Waals surface area contributed by atoms with Crippen molar-refractivity contribution < 1.29 is 9.21 Å². The van der Waals surface area contributed by atoms with Gasteiger partial charge in [0.1, 0.15) is 24.5 Å². The number of hydrogen-bond donors (Lipinski definition) is 1. The maximum Gasteiger partial charge on any atom is 0.244 e. The summed E-state index contributed by atoms with van der Waals surface area (Å²) in [5.41, 5.74) is 0. The summed E-state index contributed by atoms with van der Waals surface area (Å²) in [5.74, 6) is 0.774. The van der Waals surface area contributed by atoms with Crippen molar-refractivity contribution in [2.45, 2.75) is 32.4 Å². The number of carbonyl (C=O) groups is 1. The van der Waals surface area contributed by atoms with Gasteiger partial charge in [0.05, 0.1) is 6.26 Å². The minimum Gasteiger partial charge on any atom is -0.469 e. The van der Waals surface area contributed by atoms with Crippen LogP contribution in [-0.4, -0.2) is 26.7 Å². The lowest BCUT2D eigenvalue weighted by Crippen LogP contribution is -2.38. The van der Waals surface area contributed by atoms with Crippen LogP contribution in [0.25, 0.3) is 0 Å². The zero-order chi connectivity index (χ0) is 13.0. The second-order valence-corrected chi connectivity index (χ2v) is 4.24.